The minimum atomic E-state index is -0.835. The molecule has 0 N–H and O–H groups in total. The minimum Gasteiger partial charge on any atom is -0.462 e. The normalized spacial score (nSPS) is 12.7. The SMILES string of the molecule is CC/C=C\C/C=C\C/C=C\C/C=C\C/C=C\CC(=O)OC(COC(=O)CCCCCCC/C=C\CCCCCC)COC(=O)CCCCCCCCCCCCCCCCCCCCCCCCC/C=C\C/C=C\CCCCCCC. The van der Waals surface area contributed by atoms with Gasteiger partial charge in [0.2, 0.25) is 0 Å². The van der Waals surface area contributed by atoms with Crippen molar-refractivity contribution in [3.05, 3.63) is 97.2 Å². The van der Waals surface area contributed by atoms with Crippen molar-refractivity contribution in [2.45, 2.75) is 348 Å². The van der Waals surface area contributed by atoms with E-state index in [1.807, 2.05) is 6.08 Å². The molecule has 0 fully saturated rings. The molecule has 6 heteroatoms. The summed E-state index contributed by atoms with van der Waals surface area (Å²) >= 11 is 0. The Morgan fingerprint density at radius 1 is 0.272 bits per heavy atom. The molecule has 0 radical (unpaired) electrons. The van der Waals surface area contributed by atoms with Gasteiger partial charge in [0.15, 0.2) is 6.10 Å². The van der Waals surface area contributed by atoms with Crippen molar-refractivity contribution >= 4 is 17.9 Å². The monoisotopic (exact) mass is 1130 g/mol. The highest BCUT2D eigenvalue weighted by Gasteiger charge is 2.19. The fraction of sp³-hybridized carbons (Fsp3) is 0.747. The van der Waals surface area contributed by atoms with E-state index in [0.717, 1.165) is 89.9 Å². The molecule has 0 heterocycles. The van der Waals surface area contributed by atoms with E-state index in [9.17, 15) is 14.4 Å². The van der Waals surface area contributed by atoms with Crippen molar-refractivity contribution in [3.8, 4) is 0 Å². The Morgan fingerprint density at radius 2 is 0.519 bits per heavy atom. The van der Waals surface area contributed by atoms with Gasteiger partial charge in [0.1, 0.15) is 13.2 Å². The van der Waals surface area contributed by atoms with Crippen LogP contribution >= 0.6 is 0 Å². The van der Waals surface area contributed by atoms with Gasteiger partial charge in [-0.05, 0) is 103 Å². The predicted molar refractivity (Wildman–Crippen MR) is 353 cm³/mol. The number of allylic oxidation sites excluding steroid dienone is 15. The zero-order valence-electron chi connectivity index (χ0n) is 53.5. The Morgan fingerprint density at radius 3 is 0.840 bits per heavy atom. The van der Waals surface area contributed by atoms with Gasteiger partial charge in [-0.1, -0.05) is 317 Å². The van der Waals surface area contributed by atoms with E-state index in [1.165, 1.54) is 212 Å². The van der Waals surface area contributed by atoms with Crippen LogP contribution in [0.25, 0.3) is 0 Å². The molecule has 0 amide bonds. The Kier molecular flexibility index (Phi) is 65.7. The number of rotatable bonds is 63. The molecule has 0 spiro atoms. The molecule has 1 unspecified atom stereocenters. The second-order valence-electron chi connectivity index (χ2n) is 23.1. The van der Waals surface area contributed by atoms with E-state index < -0.39 is 12.1 Å². The largest absolute Gasteiger partial charge is 0.462 e. The molecule has 0 aliphatic carbocycles. The van der Waals surface area contributed by atoms with Crippen molar-refractivity contribution in [1.82, 2.24) is 0 Å². The fourth-order valence-corrected chi connectivity index (χ4v) is 9.90. The lowest BCUT2D eigenvalue weighted by Crippen LogP contribution is -2.30. The average molecular weight is 1130 g/mol. The molecule has 0 saturated heterocycles. The lowest BCUT2D eigenvalue weighted by Gasteiger charge is -2.18. The molecule has 0 rings (SSSR count). The third-order valence-corrected chi connectivity index (χ3v) is 15.1. The maximum atomic E-state index is 12.8. The van der Waals surface area contributed by atoms with Gasteiger partial charge in [-0.3, -0.25) is 14.4 Å². The Bertz CT molecular complexity index is 1580. The Balaban J connectivity index is 4.13. The first-order chi connectivity index (χ1) is 40.0. The van der Waals surface area contributed by atoms with Gasteiger partial charge in [-0.15, -0.1) is 0 Å². The van der Waals surface area contributed by atoms with E-state index in [4.69, 9.17) is 14.2 Å². The van der Waals surface area contributed by atoms with E-state index in [-0.39, 0.29) is 31.6 Å². The van der Waals surface area contributed by atoms with Crippen LogP contribution in [-0.2, 0) is 28.6 Å². The molecule has 0 aromatic carbocycles. The molecule has 0 aromatic rings. The van der Waals surface area contributed by atoms with E-state index >= 15 is 0 Å². The summed E-state index contributed by atoms with van der Waals surface area (Å²) in [6.07, 6.45) is 93.4. The average Bonchev–Trinajstić information content (AvgIpc) is 3.46. The number of carbonyl (C=O) groups excluding carboxylic acids is 3. The third kappa shape index (κ3) is 67.0. The lowest BCUT2D eigenvalue weighted by atomic mass is 10.0. The molecule has 81 heavy (non-hydrogen) atoms. The van der Waals surface area contributed by atoms with Crippen LogP contribution in [0, 0.1) is 0 Å². The molecule has 0 aliphatic heterocycles. The van der Waals surface area contributed by atoms with Crippen LogP contribution in [0.5, 0.6) is 0 Å². The fourth-order valence-electron chi connectivity index (χ4n) is 9.90. The van der Waals surface area contributed by atoms with Gasteiger partial charge in [0.05, 0.1) is 6.42 Å². The number of hydrogen-bond acceptors (Lipinski definition) is 6. The van der Waals surface area contributed by atoms with Crippen molar-refractivity contribution < 1.29 is 28.6 Å². The second kappa shape index (κ2) is 68.8. The minimum absolute atomic E-state index is 0.0960. The maximum absolute atomic E-state index is 12.8. The van der Waals surface area contributed by atoms with Crippen molar-refractivity contribution in [3.63, 3.8) is 0 Å². The first-order valence-corrected chi connectivity index (χ1v) is 34.7. The van der Waals surface area contributed by atoms with Crippen molar-refractivity contribution in [2.75, 3.05) is 13.2 Å². The zero-order chi connectivity index (χ0) is 58.5. The highest BCUT2D eigenvalue weighted by molar-refractivity contribution is 5.72. The third-order valence-electron chi connectivity index (χ3n) is 15.1. The maximum Gasteiger partial charge on any atom is 0.310 e. The summed E-state index contributed by atoms with van der Waals surface area (Å²) in [5, 5.41) is 0. The molecule has 0 aliphatic rings. The smallest absolute Gasteiger partial charge is 0.310 e. The van der Waals surface area contributed by atoms with Gasteiger partial charge in [0, 0.05) is 12.8 Å². The van der Waals surface area contributed by atoms with E-state index in [2.05, 4.69) is 106 Å². The zero-order valence-corrected chi connectivity index (χ0v) is 53.5. The summed E-state index contributed by atoms with van der Waals surface area (Å²) in [6.45, 7) is 6.44. The van der Waals surface area contributed by atoms with Gasteiger partial charge in [0.25, 0.3) is 0 Å². The quantitative estimate of drug-likeness (QED) is 0.0261. The Hall–Kier alpha value is -3.67. The van der Waals surface area contributed by atoms with Crippen LogP contribution in [0.1, 0.15) is 342 Å². The van der Waals surface area contributed by atoms with Crippen LogP contribution in [0.15, 0.2) is 97.2 Å². The first-order valence-electron chi connectivity index (χ1n) is 34.7. The predicted octanol–water partition coefficient (Wildman–Crippen LogP) is 24.0. The number of unbranched alkanes of at least 4 members (excludes halogenated alkanes) is 37. The van der Waals surface area contributed by atoms with E-state index in [0.29, 0.717) is 12.8 Å². The Labute approximate surface area is 502 Å². The highest BCUT2D eigenvalue weighted by atomic mass is 16.6. The first kappa shape index (κ1) is 77.3. The topological polar surface area (TPSA) is 78.9 Å². The summed E-state index contributed by atoms with van der Waals surface area (Å²) in [4.78, 5) is 38.2. The van der Waals surface area contributed by atoms with Crippen molar-refractivity contribution in [1.29, 1.82) is 0 Å². The van der Waals surface area contributed by atoms with Crippen LogP contribution in [0.4, 0.5) is 0 Å². The van der Waals surface area contributed by atoms with E-state index in [1.54, 1.807) is 6.08 Å². The lowest BCUT2D eigenvalue weighted by molar-refractivity contribution is -0.166. The summed E-state index contributed by atoms with van der Waals surface area (Å²) in [5.74, 6) is -1.04. The molecular formula is C75H130O6. The van der Waals surface area contributed by atoms with Crippen LogP contribution in [0.2, 0.25) is 0 Å². The molecular weight excluding hydrogens is 997 g/mol. The number of hydrogen-bond donors (Lipinski definition) is 0. The summed E-state index contributed by atoms with van der Waals surface area (Å²) in [7, 11) is 0. The van der Waals surface area contributed by atoms with Crippen LogP contribution in [0.3, 0.4) is 0 Å². The molecule has 466 valence electrons. The molecule has 1 atom stereocenters. The van der Waals surface area contributed by atoms with Gasteiger partial charge < -0.3 is 14.2 Å². The highest BCUT2D eigenvalue weighted by Crippen LogP contribution is 2.17. The summed E-state index contributed by atoms with van der Waals surface area (Å²) in [6, 6.07) is 0. The number of ether oxygens (including phenoxy) is 3. The van der Waals surface area contributed by atoms with Crippen LogP contribution < -0.4 is 0 Å². The van der Waals surface area contributed by atoms with Gasteiger partial charge >= 0.3 is 17.9 Å². The summed E-state index contributed by atoms with van der Waals surface area (Å²) in [5.41, 5.74) is 0. The molecule has 0 saturated carbocycles. The molecule has 6 nitrogen and oxygen atoms in total. The number of carbonyl (C=O) groups is 3. The molecule has 0 aromatic heterocycles. The summed E-state index contributed by atoms with van der Waals surface area (Å²) < 4.78 is 16.8. The van der Waals surface area contributed by atoms with Crippen LogP contribution in [-0.4, -0.2) is 37.2 Å². The van der Waals surface area contributed by atoms with Gasteiger partial charge in [-0.25, -0.2) is 0 Å². The molecule has 0 bridgehead atoms. The van der Waals surface area contributed by atoms with Crippen molar-refractivity contribution in [2.24, 2.45) is 0 Å². The second-order valence-corrected chi connectivity index (χ2v) is 23.1. The number of esters is 3. The van der Waals surface area contributed by atoms with Gasteiger partial charge in [-0.2, -0.15) is 0 Å². The standard InChI is InChI=1S/C75H130O6/c1-4-7-10-13-16-19-22-25-27-28-29-30-31-32-33-34-35-36-37-38-39-40-41-42-43-44-45-46-48-50-53-56-59-62-65-68-74(77)80-71-72(70-79-73(76)67-64-61-58-55-52-49-24-21-18-15-12-9-6-3)81-75(78)69-66-63-60-57-54-51-47-26-23-20-17-14-11-8-5-2/h8,11,17,20-22,24-26,28-29,47,54,57,63,66,72H,4-7,9-10,12-16,18-19,23,27,30-46,48-53,55-56,58-62,64-65,67-71H2,1-3H3/b11-8-,20-17-,24-21-,25-22-,29-28-,47-26-,57-54-,66-63-.